The van der Waals surface area contributed by atoms with Crippen LogP contribution in [0.1, 0.15) is 12.5 Å². The van der Waals surface area contributed by atoms with Crippen LogP contribution in [0.25, 0.3) is 16.3 Å². The number of thiazole rings is 1. The first-order valence-electron chi connectivity index (χ1n) is 9.28. The minimum Gasteiger partial charge on any atom is -0.494 e. The summed E-state index contributed by atoms with van der Waals surface area (Å²) in [4.78, 5) is 27.8. The summed E-state index contributed by atoms with van der Waals surface area (Å²) >= 11 is 3.16. The fourth-order valence-electron chi connectivity index (χ4n) is 2.84. The number of ether oxygens (including phenoxy) is 1. The lowest BCUT2D eigenvalue weighted by Crippen LogP contribution is -2.17. The second kappa shape index (κ2) is 10.2. The molecule has 3 rings (SSSR count). The average molecular weight is 444 g/mol. The van der Waals surface area contributed by atoms with Crippen LogP contribution in [0.15, 0.2) is 53.5 Å². The van der Waals surface area contributed by atoms with Crippen molar-refractivity contribution in [2.75, 3.05) is 18.6 Å². The molecule has 0 radical (unpaired) electrons. The topological polar surface area (TPSA) is 86.7 Å². The highest BCUT2D eigenvalue weighted by Crippen LogP contribution is 2.24. The van der Waals surface area contributed by atoms with Crippen molar-refractivity contribution in [3.8, 4) is 5.75 Å². The van der Waals surface area contributed by atoms with E-state index < -0.39 is 10.8 Å². The molecule has 1 amide bonds. The van der Waals surface area contributed by atoms with Gasteiger partial charge in [0.15, 0.2) is 4.80 Å². The maximum absolute atomic E-state index is 12.5. The quantitative estimate of drug-likeness (QED) is 0.290. The number of carbonyl (C=O) groups excluding carboxylic acids is 1. The van der Waals surface area contributed by atoms with Crippen molar-refractivity contribution in [2.45, 2.75) is 13.5 Å². The molecule has 9 heteroatoms. The number of nitro benzene ring substituents is 1. The summed E-state index contributed by atoms with van der Waals surface area (Å²) in [5.74, 6) is 1.26. The third kappa shape index (κ3) is 5.37. The number of aryl methyl sites for hydroxylation is 1. The van der Waals surface area contributed by atoms with Gasteiger partial charge in [-0.3, -0.25) is 14.9 Å². The summed E-state index contributed by atoms with van der Waals surface area (Å²) < 4.78 is 8.61. The summed E-state index contributed by atoms with van der Waals surface area (Å²) in [6, 6.07) is 12.0. The Bertz CT molecular complexity index is 1160. The number of amides is 1. The molecule has 3 aromatic rings. The fraction of sp³-hybridized carbons (Fsp3) is 0.238. The van der Waals surface area contributed by atoms with Crippen LogP contribution in [0.4, 0.5) is 5.69 Å². The van der Waals surface area contributed by atoms with Gasteiger partial charge in [0, 0.05) is 30.5 Å². The smallest absolute Gasteiger partial charge is 0.272 e. The maximum atomic E-state index is 12.5. The summed E-state index contributed by atoms with van der Waals surface area (Å²) in [5, 5.41) is 10.9. The van der Waals surface area contributed by atoms with Crippen LogP contribution in [-0.4, -0.2) is 34.0 Å². The van der Waals surface area contributed by atoms with E-state index in [1.54, 1.807) is 23.9 Å². The van der Waals surface area contributed by atoms with E-state index in [2.05, 4.69) is 4.99 Å². The van der Waals surface area contributed by atoms with Gasteiger partial charge in [-0.15, -0.1) is 0 Å². The van der Waals surface area contributed by atoms with E-state index in [0.29, 0.717) is 17.0 Å². The third-order valence-corrected chi connectivity index (χ3v) is 5.82. The maximum Gasteiger partial charge on any atom is 0.272 e. The van der Waals surface area contributed by atoms with E-state index in [0.717, 1.165) is 28.3 Å². The molecule has 0 spiro atoms. The van der Waals surface area contributed by atoms with Gasteiger partial charge in [-0.2, -0.15) is 16.8 Å². The van der Waals surface area contributed by atoms with E-state index in [-0.39, 0.29) is 5.69 Å². The van der Waals surface area contributed by atoms with E-state index >= 15 is 0 Å². The molecule has 1 aromatic heterocycles. The highest BCUT2D eigenvalue weighted by molar-refractivity contribution is 7.98. The first kappa shape index (κ1) is 21.8. The Morgan fingerprint density at radius 3 is 2.90 bits per heavy atom. The summed E-state index contributed by atoms with van der Waals surface area (Å²) in [5.41, 5.74) is 1.55. The lowest BCUT2D eigenvalue weighted by atomic mass is 10.2. The van der Waals surface area contributed by atoms with Crippen molar-refractivity contribution in [3.63, 3.8) is 0 Å². The number of nitrogens with zero attached hydrogens (tertiary/aromatic N) is 3. The van der Waals surface area contributed by atoms with Crippen molar-refractivity contribution >= 4 is 51.0 Å². The fourth-order valence-corrected chi connectivity index (χ4v) is 4.29. The van der Waals surface area contributed by atoms with Crippen molar-refractivity contribution in [2.24, 2.45) is 4.99 Å². The molecule has 0 saturated heterocycles. The molecule has 0 bridgehead atoms. The highest BCUT2D eigenvalue weighted by Gasteiger charge is 2.09. The zero-order valence-electron chi connectivity index (χ0n) is 16.6. The van der Waals surface area contributed by atoms with Gasteiger partial charge in [0.2, 0.25) is 0 Å². The molecule has 0 atom stereocenters. The average Bonchev–Trinajstić information content (AvgIpc) is 3.07. The Morgan fingerprint density at radius 1 is 1.33 bits per heavy atom. The minimum atomic E-state index is -0.466. The normalized spacial score (nSPS) is 12.0. The number of non-ortho nitro benzene ring substituents is 1. The van der Waals surface area contributed by atoms with Gasteiger partial charge in [0.05, 0.1) is 21.7 Å². The largest absolute Gasteiger partial charge is 0.494 e. The van der Waals surface area contributed by atoms with Crippen LogP contribution in [0.2, 0.25) is 0 Å². The van der Waals surface area contributed by atoms with Crippen LogP contribution in [-0.2, 0) is 11.3 Å². The van der Waals surface area contributed by atoms with Crippen LogP contribution >= 0.6 is 23.1 Å². The molecule has 0 N–H and O–H groups in total. The van der Waals surface area contributed by atoms with Crippen LogP contribution in [0, 0.1) is 10.1 Å². The molecule has 2 aromatic carbocycles. The Kier molecular flexibility index (Phi) is 7.42. The van der Waals surface area contributed by atoms with E-state index in [1.807, 2.05) is 35.9 Å². The second-order valence-corrected chi connectivity index (χ2v) is 8.22. The van der Waals surface area contributed by atoms with Crippen molar-refractivity contribution in [1.82, 2.24) is 4.57 Å². The lowest BCUT2D eigenvalue weighted by Gasteiger charge is -2.05. The zero-order valence-corrected chi connectivity index (χ0v) is 18.2. The van der Waals surface area contributed by atoms with Gasteiger partial charge in [0.1, 0.15) is 5.75 Å². The van der Waals surface area contributed by atoms with Gasteiger partial charge in [0.25, 0.3) is 11.6 Å². The second-order valence-electron chi connectivity index (χ2n) is 6.23. The predicted octanol–water partition coefficient (Wildman–Crippen LogP) is 4.51. The molecule has 0 fully saturated rings. The Morgan fingerprint density at radius 2 is 2.17 bits per heavy atom. The Hall–Kier alpha value is -2.91. The molecule has 0 aliphatic carbocycles. The number of hydrogen-bond donors (Lipinski definition) is 0. The number of aromatic nitrogens is 1. The number of benzene rings is 2. The van der Waals surface area contributed by atoms with Crippen LogP contribution in [0.3, 0.4) is 0 Å². The third-order valence-electron chi connectivity index (χ3n) is 4.19. The minimum absolute atomic E-state index is 0.0222. The summed E-state index contributed by atoms with van der Waals surface area (Å²) in [6.45, 7) is 3.25. The molecule has 0 saturated carbocycles. The molecular formula is C21H21N3O4S2. The first-order chi connectivity index (χ1) is 14.5. The molecule has 30 heavy (non-hydrogen) atoms. The molecular weight excluding hydrogens is 422 g/mol. The summed E-state index contributed by atoms with van der Waals surface area (Å²) in [7, 11) is 0. The Balaban J connectivity index is 1.93. The van der Waals surface area contributed by atoms with Gasteiger partial charge in [-0.1, -0.05) is 23.5 Å². The zero-order chi connectivity index (χ0) is 21.5. The molecule has 1 heterocycles. The number of carbonyl (C=O) groups is 1. The molecule has 0 unspecified atom stereocenters. The number of hydrogen-bond acceptors (Lipinski definition) is 6. The number of rotatable bonds is 8. The summed E-state index contributed by atoms with van der Waals surface area (Å²) in [6.07, 6.45) is 4.89. The van der Waals surface area contributed by atoms with Crippen LogP contribution < -0.4 is 9.54 Å². The lowest BCUT2D eigenvalue weighted by molar-refractivity contribution is -0.384. The van der Waals surface area contributed by atoms with E-state index in [4.69, 9.17) is 4.74 Å². The Labute approximate surface area is 181 Å². The molecule has 0 aliphatic heterocycles. The molecule has 7 nitrogen and oxygen atoms in total. The number of nitro groups is 1. The van der Waals surface area contributed by atoms with Crippen molar-refractivity contribution in [3.05, 3.63) is 69.0 Å². The predicted molar refractivity (Wildman–Crippen MR) is 122 cm³/mol. The van der Waals surface area contributed by atoms with Crippen LogP contribution in [0.5, 0.6) is 5.75 Å². The monoisotopic (exact) mass is 443 g/mol. The van der Waals surface area contributed by atoms with Gasteiger partial charge in [-0.05, 0) is 43.0 Å². The van der Waals surface area contributed by atoms with Crippen molar-refractivity contribution in [1.29, 1.82) is 0 Å². The SMILES string of the molecule is CCOc1ccc2c(c1)sc(=NC(=O)/C=C/c1cccc([N+](=O)[O-])c1)n2CCSC. The van der Waals surface area contributed by atoms with E-state index in [1.165, 1.54) is 35.6 Å². The molecule has 156 valence electrons. The van der Waals surface area contributed by atoms with Gasteiger partial charge in [-0.25, -0.2) is 0 Å². The first-order valence-corrected chi connectivity index (χ1v) is 11.5. The van der Waals surface area contributed by atoms with Gasteiger partial charge >= 0.3 is 0 Å². The highest BCUT2D eigenvalue weighted by atomic mass is 32.2. The van der Waals surface area contributed by atoms with E-state index in [9.17, 15) is 14.9 Å². The van der Waals surface area contributed by atoms with Gasteiger partial charge < -0.3 is 9.30 Å². The number of fused-ring (bicyclic) bond motifs is 1. The standard InChI is InChI=1S/C21H21N3O4S2/c1-3-28-17-8-9-18-19(14-17)30-21(23(18)11-12-29-2)22-20(25)10-7-15-5-4-6-16(13-15)24(26)27/h4-10,13-14H,3,11-12H2,1-2H3/b10-7+,22-21?. The number of thioether (sulfide) groups is 1. The molecule has 0 aliphatic rings. The van der Waals surface area contributed by atoms with Crippen molar-refractivity contribution < 1.29 is 14.5 Å².